The van der Waals surface area contributed by atoms with E-state index in [0.717, 1.165) is 33.2 Å². The van der Waals surface area contributed by atoms with E-state index in [1.165, 1.54) is 0 Å². The molecule has 4 aromatic rings. The quantitative estimate of drug-likeness (QED) is 0.571. The molecule has 8 heteroatoms. The average molecular weight is 285 g/mol. The van der Waals surface area contributed by atoms with Gasteiger partial charge in [-0.25, -0.2) is 4.68 Å². The Labute approximate surface area is 117 Å². The van der Waals surface area contributed by atoms with Crippen molar-refractivity contribution in [3.05, 3.63) is 35.1 Å². The molecule has 0 amide bonds. The zero-order valence-electron chi connectivity index (χ0n) is 10.8. The molecule has 0 N–H and O–H groups in total. The van der Waals surface area contributed by atoms with Crippen LogP contribution < -0.4 is 0 Å². The van der Waals surface area contributed by atoms with E-state index in [1.807, 2.05) is 28.9 Å². The Kier molecular flexibility index (Phi) is 2.49. The van der Waals surface area contributed by atoms with E-state index in [2.05, 4.69) is 32.5 Å². The largest absolute Gasteiger partial charge is 0.237 e. The molecule has 0 atom stereocenters. The average Bonchev–Trinajstić information content (AvgIpc) is 3.15. The van der Waals surface area contributed by atoms with Crippen molar-refractivity contribution in [2.75, 3.05) is 0 Å². The first-order valence-electron chi connectivity index (χ1n) is 6.33. The number of nitrogens with zero attached hydrogens (tertiary/aromatic N) is 7. The third-order valence-electron chi connectivity index (χ3n) is 3.11. The molecule has 7 nitrogen and oxygen atoms in total. The maximum atomic E-state index is 4.50. The summed E-state index contributed by atoms with van der Waals surface area (Å²) in [5, 5.41) is 22.2. The minimum Gasteiger partial charge on any atom is -0.237 e. The van der Waals surface area contributed by atoms with E-state index in [1.54, 1.807) is 15.9 Å². The van der Waals surface area contributed by atoms with E-state index in [9.17, 15) is 0 Å². The van der Waals surface area contributed by atoms with Crippen LogP contribution in [0, 0.1) is 0 Å². The van der Waals surface area contributed by atoms with Gasteiger partial charge < -0.3 is 0 Å². The Balaban J connectivity index is 1.78. The molecule has 100 valence electrons. The maximum Gasteiger partial charge on any atom is 0.234 e. The molecule has 20 heavy (non-hydrogen) atoms. The predicted octanol–water partition coefficient (Wildman–Crippen LogP) is 1.54. The molecule has 0 aliphatic heterocycles. The van der Waals surface area contributed by atoms with Crippen LogP contribution in [0.2, 0.25) is 0 Å². The van der Waals surface area contributed by atoms with E-state index in [4.69, 9.17) is 0 Å². The summed E-state index contributed by atoms with van der Waals surface area (Å²) in [6.45, 7) is 2.59. The number of aryl methyl sites for hydroxylation is 1. The van der Waals surface area contributed by atoms with Gasteiger partial charge in [0.15, 0.2) is 5.82 Å². The second-order valence-electron chi connectivity index (χ2n) is 4.40. The summed E-state index contributed by atoms with van der Waals surface area (Å²) in [7, 11) is 0. The monoisotopic (exact) mass is 285 g/mol. The van der Waals surface area contributed by atoms with Crippen LogP contribution in [0.4, 0.5) is 0 Å². The summed E-state index contributed by atoms with van der Waals surface area (Å²) in [6.07, 6.45) is 0.903. The van der Waals surface area contributed by atoms with Gasteiger partial charge in [-0.1, -0.05) is 35.6 Å². The summed E-state index contributed by atoms with van der Waals surface area (Å²) in [4.78, 5) is 0.821. The molecule has 0 saturated heterocycles. The Morgan fingerprint density at radius 3 is 2.95 bits per heavy atom. The molecule has 0 aliphatic rings. The number of aromatic nitrogens is 7. The summed E-state index contributed by atoms with van der Waals surface area (Å²) >= 11 is 1.57. The summed E-state index contributed by atoms with van der Waals surface area (Å²) < 4.78 is 3.61. The van der Waals surface area contributed by atoms with Gasteiger partial charge in [0.1, 0.15) is 17.1 Å². The maximum absolute atomic E-state index is 4.50. The van der Waals surface area contributed by atoms with Crippen molar-refractivity contribution in [3.8, 4) is 0 Å². The van der Waals surface area contributed by atoms with Crippen molar-refractivity contribution in [2.45, 2.75) is 19.9 Å². The molecular formula is C12H11N7S. The second kappa shape index (κ2) is 4.34. The van der Waals surface area contributed by atoms with Crippen LogP contribution >= 0.6 is 11.3 Å². The van der Waals surface area contributed by atoms with E-state index in [0.29, 0.717) is 6.54 Å². The van der Waals surface area contributed by atoms with Gasteiger partial charge in [0.2, 0.25) is 4.96 Å². The molecule has 0 saturated carbocycles. The van der Waals surface area contributed by atoms with Gasteiger partial charge in [-0.15, -0.1) is 15.3 Å². The lowest BCUT2D eigenvalue weighted by atomic mass is 10.3. The van der Waals surface area contributed by atoms with E-state index in [-0.39, 0.29) is 0 Å². The van der Waals surface area contributed by atoms with Crippen molar-refractivity contribution in [3.63, 3.8) is 0 Å². The summed E-state index contributed by atoms with van der Waals surface area (Å²) in [5.74, 6) is 0.770. The van der Waals surface area contributed by atoms with Crippen molar-refractivity contribution < 1.29 is 0 Å². The molecule has 0 spiro atoms. The lowest BCUT2D eigenvalue weighted by Gasteiger charge is -1.98. The minimum absolute atomic E-state index is 0.508. The van der Waals surface area contributed by atoms with Crippen LogP contribution in [0.15, 0.2) is 24.3 Å². The van der Waals surface area contributed by atoms with Gasteiger partial charge in [0.25, 0.3) is 0 Å². The summed E-state index contributed by atoms with van der Waals surface area (Å²) in [6, 6.07) is 7.85. The molecule has 0 unspecified atom stereocenters. The molecule has 0 aliphatic carbocycles. The molecule has 1 aromatic carbocycles. The van der Waals surface area contributed by atoms with Crippen LogP contribution in [-0.4, -0.2) is 34.8 Å². The molecule has 0 fully saturated rings. The van der Waals surface area contributed by atoms with Crippen molar-refractivity contribution >= 4 is 27.3 Å². The highest BCUT2D eigenvalue weighted by Gasteiger charge is 2.13. The van der Waals surface area contributed by atoms with Gasteiger partial charge in [0, 0.05) is 0 Å². The van der Waals surface area contributed by atoms with Crippen LogP contribution in [0.3, 0.4) is 0 Å². The predicted molar refractivity (Wildman–Crippen MR) is 74.7 cm³/mol. The molecule has 0 bridgehead atoms. The fourth-order valence-corrected chi connectivity index (χ4v) is 2.90. The minimum atomic E-state index is 0.508. The first-order chi connectivity index (χ1) is 9.85. The van der Waals surface area contributed by atoms with Crippen molar-refractivity contribution in [1.29, 1.82) is 0 Å². The second-order valence-corrected chi connectivity index (χ2v) is 5.44. The van der Waals surface area contributed by atoms with Crippen LogP contribution in [0.1, 0.15) is 17.8 Å². The van der Waals surface area contributed by atoms with Gasteiger partial charge in [-0.05, 0) is 18.6 Å². The zero-order chi connectivity index (χ0) is 13.5. The Hall–Kier alpha value is -2.35. The zero-order valence-corrected chi connectivity index (χ0v) is 11.6. The van der Waals surface area contributed by atoms with Gasteiger partial charge in [-0.3, -0.25) is 0 Å². The third-order valence-corrected chi connectivity index (χ3v) is 4.15. The SMILES string of the molecule is CCc1nn2c(Cn3nnc4ccccc43)nnc2s1. The van der Waals surface area contributed by atoms with Gasteiger partial charge in [0.05, 0.1) is 5.52 Å². The number of hydrogen-bond donors (Lipinski definition) is 0. The van der Waals surface area contributed by atoms with Gasteiger partial charge >= 0.3 is 0 Å². The first-order valence-corrected chi connectivity index (χ1v) is 7.15. The van der Waals surface area contributed by atoms with E-state index >= 15 is 0 Å². The Morgan fingerprint density at radius 2 is 2.05 bits per heavy atom. The first kappa shape index (κ1) is 11.5. The molecular weight excluding hydrogens is 274 g/mol. The number of fused-ring (bicyclic) bond motifs is 2. The number of rotatable bonds is 3. The number of benzene rings is 1. The fourth-order valence-electron chi connectivity index (χ4n) is 2.11. The lowest BCUT2D eigenvalue weighted by molar-refractivity contribution is 0.626. The van der Waals surface area contributed by atoms with Crippen molar-refractivity contribution in [1.82, 2.24) is 34.8 Å². The van der Waals surface area contributed by atoms with Crippen LogP contribution in [0.25, 0.3) is 16.0 Å². The molecule has 3 heterocycles. The standard InChI is InChI=1S/C12H11N7S/c1-2-11-16-19-10(14-15-12(19)20-11)7-18-9-6-4-3-5-8(9)13-17-18/h3-6H,2,7H2,1H3. The highest BCUT2D eigenvalue weighted by Crippen LogP contribution is 2.16. The molecule has 4 rings (SSSR count). The molecule has 0 radical (unpaired) electrons. The number of para-hydroxylation sites is 1. The van der Waals surface area contributed by atoms with Gasteiger partial charge in [-0.2, -0.15) is 9.61 Å². The van der Waals surface area contributed by atoms with E-state index < -0.39 is 0 Å². The molecule has 3 aromatic heterocycles. The Morgan fingerprint density at radius 1 is 1.15 bits per heavy atom. The number of hydrogen-bond acceptors (Lipinski definition) is 6. The highest BCUT2D eigenvalue weighted by atomic mass is 32.1. The van der Waals surface area contributed by atoms with Crippen molar-refractivity contribution in [2.24, 2.45) is 0 Å². The highest BCUT2D eigenvalue weighted by molar-refractivity contribution is 7.16. The lowest BCUT2D eigenvalue weighted by Crippen LogP contribution is -2.06. The Bertz CT molecular complexity index is 888. The smallest absolute Gasteiger partial charge is 0.234 e. The third kappa shape index (κ3) is 1.68. The van der Waals surface area contributed by atoms with Crippen LogP contribution in [0.5, 0.6) is 0 Å². The van der Waals surface area contributed by atoms with Crippen LogP contribution in [-0.2, 0) is 13.0 Å². The topological polar surface area (TPSA) is 73.8 Å². The summed E-state index contributed by atoms with van der Waals surface area (Å²) in [5.41, 5.74) is 1.86. The fraction of sp³-hybridized carbons (Fsp3) is 0.250. The normalized spacial score (nSPS) is 11.7.